The number of rotatable bonds is 7. The molecule has 2 aromatic carbocycles. The largest absolute Gasteiger partial charge is 0.339 e. The number of para-hydroxylation sites is 2. The van der Waals surface area contributed by atoms with Crippen LogP contribution in [0.1, 0.15) is 12.0 Å². The molecule has 9 nitrogen and oxygen atoms in total. The molecular weight excluding hydrogens is 442 g/mol. The van der Waals surface area contributed by atoms with Crippen molar-refractivity contribution in [3.8, 4) is 0 Å². The second kappa shape index (κ2) is 10.3. The van der Waals surface area contributed by atoms with E-state index >= 15 is 0 Å². The van der Waals surface area contributed by atoms with E-state index in [1.807, 2.05) is 58.0 Å². The summed E-state index contributed by atoms with van der Waals surface area (Å²) in [5.74, 6) is 0.741. The Bertz CT molecular complexity index is 1300. The SMILES string of the molecule is O=C(CCn1cnc2ccccc21)Nc1ccc(CC(=O)N2CCN(c3ncccn3)CC2)cc1. The first kappa shape index (κ1) is 22.5. The maximum Gasteiger partial charge on any atom is 0.227 e. The number of nitrogens with zero attached hydrogens (tertiary/aromatic N) is 6. The molecule has 0 spiro atoms. The zero-order chi connectivity index (χ0) is 24.0. The summed E-state index contributed by atoms with van der Waals surface area (Å²) >= 11 is 0. The van der Waals surface area contributed by atoms with Gasteiger partial charge < -0.3 is 19.7 Å². The summed E-state index contributed by atoms with van der Waals surface area (Å²) in [6.45, 7) is 3.29. The fraction of sp³-hybridized carbons (Fsp3) is 0.269. The first-order chi connectivity index (χ1) is 17.2. The minimum Gasteiger partial charge on any atom is -0.339 e. The number of nitrogens with one attached hydrogen (secondary N) is 1. The van der Waals surface area contributed by atoms with Crippen molar-refractivity contribution in [2.24, 2.45) is 0 Å². The molecular formula is C26H27N7O2. The fourth-order valence-electron chi connectivity index (χ4n) is 4.24. The van der Waals surface area contributed by atoms with Crippen molar-refractivity contribution in [1.29, 1.82) is 0 Å². The topological polar surface area (TPSA) is 96.2 Å². The molecule has 5 rings (SSSR count). The van der Waals surface area contributed by atoms with Crippen molar-refractivity contribution in [2.45, 2.75) is 19.4 Å². The monoisotopic (exact) mass is 469 g/mol. The minimum atomic E-state index is -0.0631. The van der Waals surface area contributed by atoms with Crippen molar-refractivity contribution < 1.29 is 9.59 Å². The molecule has 0 radical (unpaired) electrons. The maximum atomic E-state index is 12.8. The predicted octanol–water partition coefficient (Wildman–Crippen LogP) is 2.75. The van der Waals surface area contributed by atoms with Crippen LogP contribution in [0.2, 0.25) is 0 Å². The van der Waals surface area contributed by atoms with Gasteiger partial charge in [-0.15, -0.1) is 0 Å². The fourth-order valence-corrected chi connectivity index (χ4v) is 4.24. The molecule has 0 unspecified atom stereocenters. The Morgan fingerprint density at radius 3 is 2.37 bits per heavy atom. The number of imidazole rings is 1. The number of hydrogen-bond donors (Lipinski definition) is 1. The first-order valence-electron chi connectivity index (χ1n) is 11.7. The second-order valence-corrected chi connectivity index (χ2v) is 8.52. The molecule has 1 aliphatic heterocycles. The van der Waals surface area contributed by atoms with Gasteiger partial charge in [0.05, 0.1) is 23.8 Å². The molecule has 2 amide bonds. The molecule has 35 heavy (non-hydrogen) atoms. The van der Waals surface area contributed by atoms with E-state index in [1.165, 1.54) is 0 Å². The number of carbonyl (C=O) groups is 2. The molecule has 0 bridgehead atoms. The van der Waals surface area contributed by atoms with Crippen LogP contribution in [-0.4, -0.2) is 62.4 Å². The number of amides is 2. The third-order valence-electron chi connectivity index (χ3n) is 6.17. The molecule has 178 valence electrons. The van der Waals surface area contributed by atoms with Crippen LogP contribution < -0.4 is 10.2 Å². The highest BCUT2D eigenvalue weighted by atomic mass is 16.2. The lowest BCUT2D eigenvalue weighted by Gasteiger charge is -2.34. The summed E-state index contributed by atoms with van der Waals surface area (Å²) in [6.07, 6.45) is 5.91. The highest BCUT2D eigenvalue weighted by Gasteiger charge is 2.22. The lowest BCUT2D eigenvalue weighted by atomic mass is 10.1. The van der Waals surface area contributed by atoms with Crippen LogP contribution >= 0.6 is 0 Å². The number of hydrogen-bond acceptors (Lipinski definition) is 6. The van der Waals surface area contributed by atoms with Gasteiger partial charge in [0.15, 0.2) is 0 Å². The number of carbonyl (C=O) groups excluding carboxylic acids is 2. The molecule has 0 saturated carbocycles. The molecule has 0 atom stereocenters. The van der Waals surface area contributed by atoms with Crippen molar-refractivity contribution in [3.63, 3.8) is 0 Å². The second-order valence-electron chi connectivity index (χ2n) is 8.52. The van der Waals surface area contributed by atoms with Gasteiger partial charge >= 0.3 is 0 Å². The Morgan fingerprint density at radius 2 is 1.60 bits per heavy atom. The Morgan fingerprint density at radius 1 is 0.857 bits per heavy atom. The van der Waals surface area contributed by atoms with Gasteiger partial charge in [-0.1, -0.05) is 24.3 Å². The molecule has 0 aliphatic carbocycles. The summed E-state index contributed by atoms with van der Waals surface area (Å²) in [7, 11) is 0. The van der Waals surface area contributed by atoms with E-state index < -0.39 is 0 Å². The van der Waals surface area contributed by atoms with E-state index in [9.17, 15) is 9.59 Å². The lowest BCUT2D eigenvalue weighted by molar-refractivity contribution is -0.130. The van der Waals surface area contributed by atoms with E-state index in [0.29, 0.717) is 38.4 Å². The van der Waals surface area contributed by atoms with Crippen molar-refractivity contribution >= 4 is 34.5 Å². The summed E-state index contributed by atoms with van der Waals surface area (Å²) in [6, 6.07) is 17.1. The number of benzene rings is 2. The average Bonchev–Trinajstić information content (AvgIpc) is 3.32. The van der Waals surface area contributed by atoms with E-state index in [4.69, 9.17) is 0 Å². The van der Waals surface area contributed by atoms with Crippen molar-refractivity contribution in [2.75, 3.05) is 36.4 Å². The summed E-state index contributed by atoms with van der Waals surface area (Å²) in [5.41, 5.74) is 3.58. The Balaban J connectivity index is 1.08. The summed E-state index contributed by atoms with van der Waals surface area (Å²) in [4.78, 5) is 42.1. The zero-order valence-electron chi connectivity index (χ0n) is 19.4. The third-order valence-corrected chi connectivity index (χ3v) is 6.17. The molecule has 3 heterocycles. The van der Waals surface area contributed by atoms with E-state index in [1.54, 1.807) is 24.8 Å². The quantitative estimate of drug-likeness (QED) is 0.447. The standard InChI is InChI=1S/C26H27N7O2/c34-24(10-13-33-19-29-22-4-1-2-5-23(22)33)30-21-8-6-20(7-9-21)18-25(35)31-14-16-32(17-15-31)26-27-11-3-12-28-26/h1-9,11-12,19H,10,13-18H2,(H,30,34). The van der Waals surface area contributed by atoms with E-state index in [-0.39, 0.29) is 11.8 Å². The van der Waals surface area contributed by atoms with E-state index in [0.717, 1.165) is 35.4 Å². The van der Waals surface area contributed by atoms with Gasteiger partial charge in [0.1, 0.15) is 0 Å². The molecule has 2 aromatic heterocycles. The predicted molar refractivity (Wildman–Crippen MR) is 134 cm³/mol. The average molecular weight is 470 g/mol. The first-order valence-corrected chi connectivity index (χ1v) is 11.7. The normalized spacial score (nSPS) is 13.7. The van der Waals surface area contributed by atoms with Gasteiger partial charge in [0, 0.05) is 57.2 Å². The van der Waals surface area contributed by atoms with Crippen molar-refractivity contribution in [3.05, 3.63) is 78.9 Å². The summed E-state index contributed by atoms with van der Waals surface area (Å²) < 4.78 is 1.98. The van der Waals surface area contributed by atoms with Crippen molar-refractivity contribution in [1.82, 2.24) is 24.4 Å². The molecule has 4 aromatic rings. The van der Waals surface area contributed by atoms with Crippen LogP contribution in [-0.2, 0) is 22.6 Å². The van der Waals surface area contributed by atoms with Gasteiger partial charge in [-0.2, -0.15) is 0 Å². The number of aryl methyl sites for hydroxylation is 1. The third kappa shape index (κ3) is 5.46. The number of anilines is 2. The molecule has 1 saturated heterocycles. The van der Waals surface area contributed by atoms with Crippen LogP contribution in [0.4, 0.5) is 11.6 Å². The Labute approximate surface area is 203 Å². The molecule has 1 fully saturated rings. The lowest BCUT2D eigenvalue weighted by Crippen LogP contribution is -2.49. The molecule has 1 N–H and O–H groups in total. The van der Waals surface area contributed by atoms with E-state index in [2.05, 4.69) is 25.2 Å². The zero-order valence-corrected chi connectivity index (χ0v) is 19.4. The Hall–Kier alpha value is -4.27. The number of fused-ring (bicyclic) bond motifs is 1. The highest BCUT2D eigenvalue weighted by Crippen LogP contribution is 2.15. The van der Waals surface area contributed by atoms with Gasteiger partial charge in [-0.05, 0) is 35.9 Å². The maximum absolute atomic E-state index is 12.8. The van der Waals surface area contributed by atoms with Gasteiger partial charge in [-0.25, -0.2) is 15.0 Å². The van der Waals surface area contributed by atoms with Gasteiger partial charge in [0.25, 0.3) is 0 Å². The van der Waals surface area contributed by atoms with Gasteiger partial charge in [-0.3, -0.25) is 9.59 Å². The van der Waals surface area contributed by atoms with Crippen LogP contribution in [0.15, 0.2) is 73.3 Å². The van der Waals surface area contributed by atoms with Crippen LogP contribution in [0.5, 0.6) is 0 Å². The van der Waals surface area contributed by atoms with Gasteiger partial charge in [0.2, 0.25) is 17.8 Å². The highest BCUT2D eigenvalue weighted by molar-refractivity contribution is 5.91. The number of aromatic nitrogens is 4. The molecule has 9 heteroatoms. The summed E-state index contributed by atoms with van der Waals surface area (Å²) in [5, 5.41) is 2.93. The minimum absolute atomic E-state index is 0.0631. The smallest absolute Gasteiger partial charge is 0.227 e. The van der Waals surface area contributed by atoms with Crippen LogP contribution in [0.3, 0.4) is 0 Å². The van der Waals surface area contributed by atoms with Crippen LogP contribution in [0.25, 0.3) is 11.0 Å². The molecule has 1 aliphatic rings. The Kier molecular flexibility index (Phi) is 6.65. The van der Waals surface area contributed by atoms with Crippen LogP contribution in [0, 0.1) is 0 Å². The number of piperazine rings is 1.